The van der Waals surface area contributed by atoms with Crippen LogP contribution < -0.4 is 27.0 Å². The minimum absolute atomic E-state index is 0.0275. The van der Waals surface area contributed by atoms with E-state index in [-0.39, 0.29) is 23.1 Å². The van der Waals surface area contributed by atoms with Gasteiger partial charge in [0.2, 0.25) is 5.95 Å². The molecule has 0 aliphatic heterocycles. The number of hydrogen-bond acceptors (Lipinski definition) is 12. The van der Waals surface area contributed by atoms with Crippen LogP contribution in [-0.2, 0) is 21.5 Å². The van der Waals surface area contributed by atoms with Crippen LogP contribution in [0.15, 0.2) is 42.6 Å². The first-order valence-corrected chi connectivity index (χ1v) is 14.8. The third-order valence-corrected chi connectivity index (χ3v) is 8.30. The fraction of sp³-hybridized carbons (Fsp3) is 0.367. The van der Waals surface area contributed by atoms with Crippen molar-refractivity contribution in [3.8, 4) is 0 Å². The summed E-state index contributed by atoms with van der Waals surface area (Å²) in [5, 5.41) is 5.63. The molecule has 1 atom stereocenters. The minimum Gasteiger partial charge on any atom is -0.467 e. The van der Waals surface area contributed by atoms with E-state index in [1.54, 1.807) is 30.5 Å². The zero-order valence-corrected chi connectivity index (χ0v) is 26.2. The highest BCUT2D eigenvalue weighted by Crippen LogP contribution is 2.29. The molecule has 0 saturated carbocycles. The first-order valence-electron chi connectivity index (χ1n) is 14.0. The largest absolute Gasteiger partial charge is 0.467 e. The van der Waals surface area contributed by atoms with E-state index in [9.17, 15) is 14.4 Å². The number of rotatable bonds is 11. The number of amides is 2. The van der Waals surface area contributed by atoms with E-state index >= 15 is 0 Å². The number of nitrogens with two attached hydrogens (primary N) is 2. The Bertz CT molecular complexity index is 1650. The molecule has 4 aromatic rings. The summed E-state index contributed by atoms with van der Waals surface area (Å²) in [4.78, 5) is 58.4. The Balaban J connectivity index is 1.31. The smallest absolute Gasteiger partial charge is 0.328 e. The van der Waals surface area contributed by atoms with Gasteiger partial charge in [-0.25, -0.2) is 14.8 Å². The minimum atomic E-state index is -0.862. The molecule has 0 bridgehead atoms. The lowest BCUT2D eigenvalue weighted by Gasteiger charge is -2.20. The number of nitrogen functional groups attached to an aromatic ring is 2. The Hall–Kier alpha value is -4.85. The number of nitrogens with zero attached hydrogens (tertiary/aromatic N) is 5. The summed E-state index contributed by atoms with van der Waals surface area (Å²) in [5.74, 6) is -0.946. The van der Waals surface area contributed by atoms with Crippen LogP contribution in [0.3, 0.4) is 0 Å². The van der Waals surface area contributed by atoms with Gasteiger partial charge >= 0.3 is 5.97 Å². The lowest BCUT2D eigenvalue weighted by Crippen LogP contribution is -2.42. The summed E-state index contributed by atoms with van der Waals surface area (Å²) in [6.07, 6.45) is 2.36. The van der Waals surface area contributed by atoms with E-state index in [0.717, 1.165) is 10.6 Å². The summed E-state index contributed by atoms with van der Waals surface area (Å²) in [6, 6.07) is 9.85. The zero-order chi connectivity index (χ0) is 32.0. The number of aromatic nitrogens is 4. The normalized spacial score (nSPS) is 12.0. The highest BCUT2D eigenvalue weighted by atomic mass is 32.1. The van der Waals surface area contributed by atoms with Gasteiger partial charge in [0.1, 0.15) is 6.04 Å². The van der Waals surface area contributed by atoms with Crippen molar-refractivity contribution in [1.82, 2.24) is 30.6 Å². The van der Waals surface area contributed by atoms with E-state index in [1.807, 2.05) is 24.1 Å². The van der Waals surface area contributed by atoms with Gasteiger partial charge in [-0.1, -0.05) is 20.8 Å². The fourth-order valence-electron chi connectivity index (χ4n) is 4.35. The third-order valence-electron chi connectivity index (χ3n) is 6.79. The molecule has 4 rings (SSSR count). The lowest BCUT2D eigenvalue weighted by molar-refractivity contribution is -0.143. The third kappa shape index (κ3) is 7.95. The standard InChI is InChI=1S/C30H37N9O4S/c1-30(2,3)22-13-12-21(44-22)27(41)33-14-6-7-20(28(42)43-5)36-26(40)17-8-10-19(11-9-17)39(4)16-18-15-34-25-23(35-18)24(31)37-29(32)38-25/h8-13,15,20H,6-7,14,16H2,1-5H3,(H,33,41)(H,36,40)(H4,31,32,34,37,38)/t20-/m0/s1. The summed E-state index contributed by atoms with van der Waals surface area (Å²) < 4.78 is 4.90. The fourth-order valence-corrected chi connectivity index (χ4v) is 5.33. The Kier molecular flexibility index (Phi) is 9.94. The van der Waals surface area contributed by atoms with Gasteiger partial charge in [0.25, 0.3) is 11.8 Å². The Morgan fingerprint density at radius 2 is 1.75 bits per heavy atom. The summed E-state index contributed by atoms with van der Waals surface area (Å²) in [6.45, 7) is 7.05. The van der Waals surface area contributed by atoms with Crippen LogP contribution in [0.1, 0.15) is 64.2 Å². The van der Waals surface area contributed by atoms with Crippen molar-refractivity contribution in [1.29, 1.82) is 0 Å². The monoisotopic (exact) mass is 619 g/mol. The SMILES string of the molecule is COC(=O)[C@H](CCCNC(=O)c1ccc(C(C)(C)C)s1)NC(=O)c1ccc(N(C)Cc2cnc3nc(N)nc(N)c3n2)cc1. The molecule has 0 aliphatic carbocycles. The number of carbonyl (C=O) groups excluding carboxylic acids is 3. The molecule has 3 heterocycles. The molecule has 0 aliphatic rings. The summed E-state index contributed by atoms with van der Waals surface area (Å²) in [7, 11) is 3.14. The van der Waals surface area contributed by atoms with E-state index < -0.39 is 17.9 Å². The predicted octanol–water partition coefficient (Wildman–Crippen LogP) is 3.06. The zero-order valence-electron chi connectivity index (χ0n) is 25.4. The van der Waals surface area contributed by atoms with Crippen LogP contribution in [0, 0.1) is 0 Å². The topological polar surface area (TPSA) is 191 Å². The molecule has 0 spiro atoms. The van der Waals surface area contributed by atoms with E-state index in [4.69, 9.17) is 16.2 Å². The van der Waals surface area contributed by atoms with Crippen LogP contribution in [0.2, 0.25) is 0 Å². The molecule has 3 aromatic heterocycles. The van der Waals surface area contributed by atoms with Crippen molar-refractivity contribution in [3.63, 3.8) is 0 Å². The molecule has 0 radical (unpaired) electrons. The second-order valence-corrected chi connectivity index (χ2v) is 12.3. The van der Waals surface area contributed by atoms with E-state index in [2.05, 4.69) is 51.3 Å². The summed E-state index contributed by atoms with van der Waals surface area (Å²) in [5.41, 5.74) is 14.1. The number of thiophene rings is 1. The van der Waals surface area contributed by atoms with Gasteiger partial charge in [0.15, 0.2) is 17.0 Å². The first-order chi connectivity index (χ1) is 20.8. The van der Waals surface area contributed by atoms with Crippen molar-refractivity contribution in [2.24, 2.45) is 0 Å². The number of carbonyl (C=O) groups is 3. The number of ether oxygens (including phenoxy) is 1. The molecule has 232 valence electrons. The van der Waals surface area contributed by atoms with Crippen LogP contribution >= 0.6 is 11.3 Å². The number of nitrogens with one attached hydrogen (secondary N) is 2. The van der Waals surface area contributed by atoms with Crippen LogP contribution in [0.4, 0.5) is 17.5 Å². The Labute approximate surface area is 259 Å². The number of methoxy groups -OCH3 is 1. The van der Waals surface area contributed by atoms with Gasteiger partial charge in [-0.15, -0.1) is 11.3 Å². The second-order valence-electron chi connectivity index (χ2n) is 11.3. The van der Waals surface area contributed by atoms with Crippen molar-refractivity contribution >= 4 is 57.7 Å². The lowest BCUT2D eigenvalue weighted by atomic mass is 9.95. The highest BCUT2D eigenvalue weighted by molar-refractivity contribution is 7.14. The van der Waals surface area contributed by atoms with Crippen molar-refractivity contribution < 1.29 is 19.1 Å². The predicted molar refractivity (Wildman–Crippen MR) is 170 cm³/mol. The Morgan fingerprint density at radius 3 is 2.41 bits per heavy atom. The van der Waals surface area contributed by atoms with Crippen LogP contribution in [0.25, 0.3) is 11.2 Å². The maximum atomic E-state index is 13.0. The highest BCUT2D eigenvalue weighted by Gasteiger charge is 2.23. The van der Waals surface area contributed by atoms with Gasteiger partial charge in [-0.3, -0.25) is 9.59 Å². The molecule has 6 N–H and O–H groups in total. The van der Waals surface area contributed by atoms with Crippen molar-refractivity contribution in [2.45, 2.75) is 51.6 Å². The number of anilines is 3. The van der Waals surface area contributed by atoms with Gasteiger partial charge in [-0.2, -0.15) is 9.97 Å². The van der Waals surface area contributed by atoms with Gasteiger partial charge < -0.3 is 31.7 Å². The maximum absolute atomic E-state index is 13.0. The second kappa shape index (κ2) is 13.6. The molecule has 14 heteroatoms. The number of benzene rings is 1. The molecular formula is C30H37N9O4S. The molecular weight excluding hydrogens is 582 g/mol. The molecule has 1 aromatic carbocycles. The van der Waals surface area contributed by atoms with Crippen LogP contribution in [0.5, 0.6) is 0 Å². The van der Waals surface area contributed by atoms with Gasteiger partial charge in [-0.05, 0) is 54.7 Å². The van der Waals surface area contributed by atoms with E-state index in [1.165, 1.54) is 18.4 Å². The molecule has 2 amide bonds. The number of fused-ring (bicyclic) bond motifs is 1. The summed E-state index contributed by atoms with van der Waals surface area (Å²) >= 11 is 1.47. The maximum Gasteiger partial charge on any atom is 0.328 e. The van der Waals surface area contributed by atoms with Crippen molar-refractivity contribution in [2.75, 3.05) is 37.1 Å². The van der Waals surface area contributed by atoms with Crippen LogP contribution in [-0.4, -0.2) is 64.5 Å². The van der Waals surface area contributed by atoms with Gasteiger partial charge in [0.05, 0.1) is 30.4 Å². The van der Waals surface area contributed by atoms with E-state index in [0.29, 0.717) is 53.2 Å². The molecule has 0 fully saturated rings. The first kappa shape index (κ1) is 32.1. The Morgan fingerprint density at radius 1 is 1.02 bits per heavy atom. The number of hydrogen-bond donors (Lipinski definition) is 4. The van der Waals surface area contributed by atoms with Crippen molar-refractivity contribution in [3.05, 3.63) is 63.6 Å². The molecule has 13 nitrogen and oxygen atoms in total. The average molecular weight is 620 g/mol. The van der Waals surface area contributed by atoms with Gasteiger partial charge in [0, 0.05) is 29.7 Å². The molecule has 0 unspecified atom stereocenters. The molecule has 0 saturated heterocycles. The average Bonchev–Trinajstić information content (AvgIpc) is 3.50. The quantitative estimate of drug-likeness (QED) is 0.142. The number of esters is 1. The molecule has 44 heavy (non-hydrogen) atoms.